The van der Waals surface area contributed by atoms with Gasteiger partial charge in [0.05, 0.1) is 0 Å². The molecule has 6 nitrogen and oxygen atoms in total. The van der Waals surface area contributed by atoms with Crippen molar-refractivity contribution in [1.82, 2.24) is 15.0 Å². The molecule has 0 bridgehead atoms. The van der Waals surface area contributed by atoms with Gasteiger partial charge < -0.3 is 16.0 Å². The van der Waals surface area contributed by atoms with Gasteiger partial charge in [0.2, 0.25) is 17.8 Å². The number of aromatic nitrogens is 3. The number of nitrogens with zero attached hydrogens (tertiary/aromatic N) is 4. The van der Waals surface area contributed by atoms with Crippen LogP contribution in [-0.2, 0) is 0 Å². The molecule has 1 unspecified atom stereocenters. The first-order chi connectivity index (χ1) is 9.14. The summed E-state index contributed by atoms with van der Waals surface area (Å²) in [5.74, 6) is 1.49. The molecule has 1 rings (SSSR count). The maximum absolute atomic E-state index is 5.77. The van der Waals surface area contributed by atoms with Crippen molar-refractivity contribution in [2.45, 2.75) is 53.0 Å². The Balaban J connectivity index is 2.89. The summed E-state index contributed by atoms with van der Waals surface area (Å²) in [6.07, 6.45) is 3.28. The molecule has 0 aliphatic carbocycles. The highest BCUT2D eigenvalue weighted by Crippen LogP contribution is 2.14. The maximum atomic E-state index is 5.77. The molecule has 108 valence electrons. The van der Waals surface area contributed by atoms with Crippen molar-refractivity contribution >= 4 is 17.8 Å². The van der Waals surface area contributed by atoms with Crippen LogP contribution >= 0.6 is 0 Å². The van der Waals surface area contributed by atoms with Gasteiger partial charge in [-0.15, -0.1) is 0 Å². The molecule has 0 radical (unpaired) electrons. The number of rotatable bonds is 8. The SMILES string of the molecule is CCCC(CC)Nc1nc(N)nc(N(CC)CC)n1. The van der Waals surface area contributed by atoms with Crippen LogP contribution in [0, 0.1) is 0 Å². The van der Waals surface area contributed by atoms with Crippen LogP contribution in [0.3, 0.4) is 0 Å². The third-order valence-electron chi connectivity index (χ3n) is 3.15. The zero-order valence-electron chi connectivity index (χ0n) is 12.5. The summed E-state index contributed by atoms with van der Waals surface area (Å²) in [4.78, 5) is 14.9. The van der Waals surface area contributed by atoms with E-state index >= 15 is 0 Å². The Kier molecular flexibility index (Phi) is 6.32. The number of nitrogens with two attached hydrogens (primary N) is 1. The predicted octanol–water partition coefficient (Wildman–Crippen LogP) is 2.29. The van der Waals surface area contributed by atoms with Crippen LogP contribution in [0.5, 0.6) is 0 Å². The normalized spacial score (nSPS) is 12.2. The first kappa shape index (κ1) is 15.5. The molecule has 1 aromatic heterocycles. The molecule has 19 heavy (non-hydrogen) atoms. The van der Waals surface area contributed by atoms with Gasteiger partial charge in [-0.2, -0.15) is 15.0 Å². The second kappa shape index (κ2) is 7.76. The van der Waals surface area contributed by atoms with E-state index in [1.807, 2.05) is 0 Å². The Labute approximate surface area is 115 Å². The second-order valence-electron chi connectivity index (χ2n) is 4.53. The lowest BCUT2D eigenvalue weighted by Gasteiger charge is -2.20. The van der Waals surface area contributed by atoms with Gasteiger partial charge in [-0.05, 0) is 26.7 Å². The molecule has 1 heterocycles. The smallest absolute Gasteiger partial charge is 0.231 e. The van der Waals surface area contributed by atoms with Crippen LogP contribution < -0.4 is 16.0 Å². The van der Waals surface area contributed by atoms with E-state index in [-0.39, 0.29) is 5.95 Å². The van der Waals surface area contributed by atoms with Gasteiger partial charge in [-0.25, -0.2) is 0 Å². The summed E-state index contributed by atoms with van der Waals surface area (Å²) < 4.78 is 0. The molecule has 0 aliphatic rings. The van der Waals surface area contributed by atoms with Crippen LogP contribution in [0.2, 0.25) is 0 Å². The van der Waals surface area contributed by atoms with Crippen LogP contribution in [0.25, 0.3) is 0 Å². The predicted molar refractivity (Wildman–Crippen MR) is 80.4 cm³/mol. The molecule has 3 N–H and O–H groups in total. The van der Waals surface area contributed by atoms with Gasteiger partial charge in [0.25, 0.3) is 0 Å². The van der Waals surface area contributed by atoms with Crippen molar-refractivity contribution in [2.75, 3.05) is 29.0 Å². The minimum atomic E-state index is 0.269. The molecule has 0 spiro atoms. The summed E-state index contributed by atoms with van der Waals surface area (Å²) in [6.45, 7) is 10.2. The monoisotopic (exact) mass is 266 g/mol. The van der Waals surface area contributed by atoms with E-state index in [0.29, 0.717) is 17.9 Å². The van der Waals surface area contributed by atoms with Gasteiger partial charge in [0, 0.05) is 19.1 Å². The van der Waals surface area contributed by atoms with Crippen molar-refractivity contribution in [3.05, 3.63) is 0 Å². The van der Waals surface area contributed by atoms with Gasteiger partial charge in [0.15, 0.2) is 0 Å². The van der Waals surface area contributed by atoms with Gasteiger partial charge in [-0.3, -0.25) is 0 Å². The third-order valence-corrected chi connectivity index (χ3v) is 3.15. The van der Waals surface area contributed by atoms with Crippen molar-refractivity contribution in [3.8, 4) is 0 Å². The molecule has 0 aliphatic heterocycles. The Morgan fingerprint density at radius 2 is 1.79 bits per heavy atom. The highest BCUT2D eigenvalue weighted by Gasteiger charge is 2.12. The summed E-state index contributed by atoms with van der Waals surface area (Å²) in [7, 11) is 0. The molecule has 0 saturated carbocycles. The Morgan fingerprint density at radius 1 is 1.11 bits per heavy atom. The first-order valence-corrected chi connectivity index (χ1v) is 7.17. The second-order valence-corrected chi connectivity index (χ2v) is 4.53. The van der Waals surface area contributed by atoms with Gasteiger partial charge in [0.1, 0.15) is 0 Å². The highest BCUT2D eigenvalue weighted by molar-refractivity contribution is 5.42. The zero-order valence-corrected chi connectivity index (χ0v) is 12.5. The number of hydrogen-bond donors (Lipinski definition) is 2. The quantitative estimate of drug-likeness (QED) is 0.751. The summed E-state index contributed by atoms with van der Waals surface area (Å²) in [6, 6.07) is 0.386. The summed E-state index contributed by atoms with van der Waals surface area (Å²) in [5.41, 5.74) is 5.77. The van der Waals surface area contributed by atoms with E-state index in [2.05, 4.69) is 52.9 Å². The Bertz CT molecular complexity index is 377. The van der Waals surface area contributed by atoms with Crippen molar-refractivity contribution in [3.63, 3.8) is 0 Å². The van der Waals surface area contributed by atoms with E-state index in [4.69, 9.17) is 5.73 Å². The Morgan fingerprint density at radius 3 is 2.32 bits per heavy atom. The largest absolute Gasteiger partial charge is 0.368 e. The fourth-order valence-electron chi connectivity index (χ4n) is 2.00. The molecule has 1 atom stereocenters. The standard InChI is InChI=1S/C13H26N6/c1-5-9-10(6-2)15-12-16-11(14)17-13(18-12)19(7-3)8-4/h10H,5-9H2,1-4H3,(H3,14,15,16,17,18). The molecule has 0 amide bonds. The zero-order chi connectivity index (χ0) is 14.3. The highest BCUT2D eigenvalue weighted by atomic mass is 15.3. The van der Waals surface area contributed by atoms with Crippen LogP contribution in [-0.4, -0.2) is 34.1 Å². The topological polar surface area (TPSA) is 80.0 Å². The third kappa shape index (κ3) is 4.54. The number of nitrogen functional groups attached to an aromatic ring is 1. The maximum Gasteiger partial charge on any atom is 0.231 e. The van der Waals surface area contributed by atoms with Crippen LogP contribution in [0.1, 0.15) is 47.0 Å². The lowest BCUT2D eigenvalue weighted by atomic mass is 10.1. The fraction of sp³-hybridized carbons (Fsp3) is 0.769. The number of anilines is 3. The molecule has 6 heteroatoms. The lowest BCUT2D eigenvalue weighted by molar-refractivity contribution is 0.617. The van der Waals surface area contributed by atoms with Crippen molar-refractivity contribution < 1.29 is 0 Å². The lowest BCUT2D eigenvalue weighted by Crippen LogP contribution is -2.26. The average molecular weight is 266 g/mol. The molecule has 0 aromatic carbocycles. The van der Waals surface area contributed by atoms with E-state index in [9.17, 15) is 0 Å². The van der Waals surface area contributed by atoms with Gasteiger partial charge >= 0.3 is 0 Å². The van der Waals surface area contributed by atoms with E-state index in [1.165, 1.54) is 0 Å². The van der Waals surface area contributed by atoms with Crippen molar-refractivity contribution in [1.29, 1.82) is 0 Å². The van der Waals surface area contributed by atoms with Gasteiger partial charge in [-0.1, -0.05) is 20.3 Å². The number of nitrogens with one attached hydrogen (secondary N) is 1. The van der Waals surface area contributed by atoms with E-state index in [0.717, 1.165) is 32.4 Å². The van der Waals surface area contributed by atoms with E-state index < -0.39 is 0 Å². The molecular formula is C13H26N6. The van der Waals surface area contributed by atoms with Crippen LogP contribution in [0.15, 0.2) is 0 Å². The van der Waals surface area contributed by atoms with Crippen molar-refractivity contribution in [2.24, 2.45) is 0 Å². The average Bonchev–Trinajstić information content (AvgIpc) is 2.39. The molecule has 0 fully saturated rings. The fourth-order valence-corrected chi connectivity index (χ4v) is 2.00. The molecular weight excluding hydrogens is 240 g/mol. The summed E-state index contributed by atoms with van der Waals surface area (Å²) in [5, 5.41) is 3.34. The molecule has 1 aromatic rings. The van der Waals surface area contributed by atoms with Crippen LogP contribution in [0.4, 0.5) is 17.8 Å². The minimum absolute atomic E-state index is 0.269. The first-order valence-electron chi connectivity index (χ1n) is 7.17. The minimum Gasteiger partial charge on any atom is -0.368 e. The summed E-state index contributed by atoms with van der Waals surface area (Å²) >= 11 is 0. The Hall–Kier alpha value is -1.59. The van der Waals surface area contributed by atoms with E-state index in [1.54, 1.807) is 0 Å². The number of hydrogen-bond acceptors (Lipinski definition) is 6. The molecule has 0 saturated heterocycles.